The van der Waals surface area contributed by atoms with Gasteiger partial charge in [-0.3, -0.25) is 10.1 Å². The van der Waals surface area contributed by atoms with Crippen LogP contribution in [-0.2, 0) is 10.0 Å². The number of carbonyl (C=O) groups excluding carboxylic acids is 1. The highest BCUT2D eigenvalue weighted by atomic mass is 32.2. The summed E-state index contributed by atoms with van der Waals surface area (Å²) in [5.41, 5.74) is -0.223. The summed E-state index contributed by atoms with van der Waals surface area (Å²) in [6.07, 6.45) is 1.63. The maximum Gasteiger partial charge on any atom is 0.257 e. The van der Waals surface area contributed by atoms with E-state index in [0.717, 1.165) is 30.2 Å². The fraction of sp³-hybridized carbons (Fsp3) is 0.222. The number of nitrogens with zero attached hydrogens (tertiary/aromatic N) is 2. The van der Waals surface area contributed by atoms with Crippen molar-refractivity contribution in [2.75, 3.05) is 18.4 Å². The molecule has 1 amide bonds. The van der Waals surface area contributed by atoms with Crippen molar-refractivity contribution in [1.82, 2.24) is 9.29 Å². The Balaban J connectivity index is 1.54. The van der Waals surface area contributed by atoms with Gasteiger partial charge in [-0.2, -0.15) is 4.31 Å². The van der Waals surface area contributed by atoms with Crippen molar-refractivity contribution in [3.63, 3.8) is 0 Å². The second-order valence-electron chi connectivity index (χ2n) is 6.44. The monoisotopic (exact) mass is 441 g/mol. The number of benzene rings is 2. The van der Waals surface area contributed by atoms with Gasteiger partial charge in [0.25, 0.3) is 5.91 Å². The molecule has 1 N–H and O–H groups in total. The maximum absolute atomic E-state index is 13.8. The summed E-state index contributed by atoms with van der Waals surface area (Å²) < 4.78 is 66.9. The lowest BCUT2D eigenvalue weighted by molar-refractivity contribution is 0.102. The standard InChI is InChI=1S/C18H14F3N3O3S2/c19-12-9-13-16(15(21)14(12)20)22-18(28-13)23-17(25)10-3-5-11(6-4-10)29(26,27)24-7-1-2-8-24/h3-6,9H,1-2,7-8H2,(H,22,23,25). The lowest BCUT2D eigenvalue weighted by Gasteiger charge is -2.15. The molecule has 0 saturated carbocycles. The van der Waals surface area contributed by atoms with Crippen LogP contribution in [0.3, 0.4) is 0 Å². The normalized spacial score (nSPS) is 15.1. The molecule has 3 aromatic rings. The minimum absolute atomic E-state index is 0.0392. The van der Waals surface area contributed by atoms with Gasteiger partial charge < -0.3 is 0 Å². The Morgan fingerprint density at radius 1 is 1.07 bits per heavy atom. The number of anilines is 1. The average Bonchev–Trinajstić information content (AvgIpc) is 3.37. The van der Waals surface area contributed by atoms with Gasteiger partial charge in [-0.1, -0.05) is 11.3 Å². The van der Waals surface area contributed by atoms with E-state index in [4.69, 9.17) is 0 Å². The molecule has 6 nitrogen and oxygen atoms in total. The molecular formula is C18H14F3N3O3S2. The van der Waals surface area contributed by atoms with Crippen molar-refractivity contribution in [2.24, 2.45) is 0 Å². The molecule has 0 spiro atoms. The number of halogens is 3. The molecule has 0 bridgehead atoms. The largest absolute Gasteiger partial charge is 0.298 e. The first-order valence-electron chi connectivity index (χ1n) is 8.63. The van der Waals surface area contributed by atoms with Gasteiger partial charge in [-0.05, 0) is 43.2 Å². The number of rotatable bonds is 4. The fourth-order valence-electron chi connectivity index (χ4n) is 3.05. The van der Waals surface area contributed by atoms with Crippen LogP contribution >= 0.6 is 11.3 Å². The molecule has 0 unspecified atom stereocenters. The Hall–Kier alpha value is -2.50. The van der Waals surface area contributed by atoms with Crippen LogP contribution in [0.25, 0.3) is 10.2 Å². The lowest BCUT2D eigenvalue weighted by Crippen LogP contribution is -2.27. The number of amides is 1. The second-order valence-corrected chi connectivity index (χ2v) is 9.41. The van der Waals surface area contributed by atoms with E-state index >= 15 is 0 Å². The van der Waals surface area contributed by atoms with Crippen molar-refractivity contribution < 1.29 is 26.4 Å². The minimum atomic E-state index is -3.59. The van der Waals surface area contributed by atoms with Crippen LogP contribution in [0.4, 0.5) is 18.3 Å². The van der Waals surface area contributed by atoms with Crippen molar-refractivity contribution >= 4 is 42.6 Å². The van der Waals surface area contributed by atoms with Gasteiger partial charge in [0.1, 0.15) is 5.52 Å². The number of carbonyl (C=O) groups is 1. The van der Waals surface area contributed by atoms with Crippen LogP contribution in [-0.4, -0.2) is 36.7 Å². The number of nitrogens with one attached hydrogen (secondary N) is 1. The minimum Gasteiger partial charge on any atom is -0.298 e. The third-order valence-corrected chi connectivity index (χ3v) is 7.39. The summed E-state index contributed by atoms with van der Waals surface area (Å²) >= 11 is 0.789. The van der Waals surface area contributed by atoms with E-state index in [0.29, 0.717) is 13.1 Å². The molecule has 1 saturated heterocycles. The highest BCUT2D eigenvalue weighted by Gasteiger charge is 2.27. The molecule has 2 heterocycles. The highest BCUT2D eigenvalue weighted by Crippen LogP contribution is 2.30. The van der Waals surface area contributed by atoms with Gasteiger partial charge in [0.15, 0.2) is 22.6 Å². The van der Waals surface area contributed by atoms with E-state index < -0.39 is 33.4 Å². The Bertz CT molecular complexity index is 1200. The Labute approximate surface area is 168 Å². The van der Waals surface area contributed by atoms with Gasteiger partial charge in [-0.15, -0.1) is 0 Å². The zero-order valence-electron chi connectivity index (χ0n) is 14.8. The summed E-state index contributed by atoms with van der Waals surface area (Å²) in [7, 11) is -3.59. The maximum atomic E-state index is 13.8. The number of sulfonamides is 1. The van der Waals surface area contributed by atoms with Crippen LogP contribution in [0.2, 0.25) is 0 Å². The second kappa shape index (κ2) is 7.39. The summed E-state index contributed by atoms with van der Waals surface area (Å²) in [5, 5.41) is 2.38. The van der Waals surface area contributed by atoms with Crippen molar-refractivity contribution in [3.05, 3.63) is 53.3 Å². The molecule has 1 aliphatic heterocycles. The van der Waals surface area contributed by atoms with E-state index in [1.54, 1.807) is 0 Å². The molecule has 0 aliphatic carbocycles. The first-order chi connectivity index (χ1) is 13.8. The van der Waals surface area contributed by atoms with E-state index in [2.05, 4.69) is 10.3 Å². The van der Waals surface area contributed by atoms with Crippen molar-refractivity contribution in [1.29, 1.82) is 0 Å². The molecule has 0 radical (unpaired) electrons. The quantitative estimate of drug-likeness (QED) is 0.626. The van der Waals surface area contributed by atoms with E-state index in [1.165, 1.54) is 28.6 Å². The van der Waals surface area contributed by atoms with E-state index in [9.17, 15) is 26.4 Å². The topological polar surface area (TPSA) is 79.4 Å². The molecule has 29 heavy (non-hydrogen) atoms. The average molecular weight is 441 g/mol. The van der Waals surface area contributed by atoms with Gasteiger partial charge in [0.05, 0.1) is 9.60 Å². The summed E-state index contributed by atoms with van der Waals surface area (Å²) in [4.78, 5) is 16.3. The third kappa shape index (κ3) is 3.61. The Kier molecular flexibility index (Phi) is 5.05. The number of fused-ring (bicyclic) bond motifs is 1. The van der Waals surface area contributed by atoms with Gasteiger partial charge >= 0.3 is 0 Å². The molecule has 2 aromatic carbocycles. The zero-order valence-corrected chi connectivity index (χ0v) is 16.4. The van der Waals surface area contributed by atoms with Gasteiger partial charge in [-0.25, -0.2) is 26.6 Å². The van der Waals surface area contributed by atoms with E-state index in [-0.39, 0.29) is 25.8 Å². The first-order valence-corrected chi connectivity index (χ1v) is 10.9. The van der Waals surface area contributed by atoms with Crippen LogP contribution in [0, 0.1) is 17.5 Å². The van der Waals surface area contributed by atoms with Crippen LogP contribution in [0.1, 0.15) is 23.2 Å². The first kappa shape index (κ1) is 19.8. The predicted molar refractivity (Wildman–Crippen MR) is 102 cm³/mol. The molecule has 1 aromatic heterocycles. The fourth-order valence-corrected chi connectivity index (χ4v) is 5.45. The lowest BCUT2D eigenvalue weighted by atomic mass is 10.2. The highest BCUT2D eigenvalue weighted by molar-refractivity contribution is 7.89. The molecule has 4 rings (SSSR count). The van der Waals surface area contributed by atoms with Crippen molar-refractivity contribution in [3.8, 4) is 0 Å². The summed E-state index contributed by atoms with van der Waals surface area (Å²) in [6, 6.07) is 6.19. The molecule has 1 aliphatic rings. The third-order valence-electron chi connectivity index (χ3n) is 4.56. The smallest absolute Gasteiger partial charge is 0.257 e. The van der Waals surface area contributed by atoms with Crippen LogP contribution in [0.5, 0.6) is 0 Å². The number of hydrogen-bond acceptors (Lipinski definition) is 5. The van der Waals surface area contributed by atoms with Crippen LogP contribution in [0.15, 0.2) is 35.2 Å². The molecule has 152 valence electrons. The molecule has 0 atom stereocenters. The number of aromatic nitrogens is 1. The number of hydrogen-bond donors (Lipinski definition) is 1. The Morgan fingerprint density at radius 3 is 2.38 bits per heavy atom. The SMILES string of the molecule is O=C(Nc1nc2c(F)c(F)c(F)cc2s1)c1ccc(S(=O)(=O)N2CCCC2)cc1. The summed E-state index contributed by atoms with van der Waals surface area (Å²) in [6.45, 7) is 0.944. The van der Waals surface area contributed by atoms with E-state index in [1.807, 2.05) is 0 Å². The van der Waals surface area contributed by atoms with Gasteiger partial charge in [0.2, 0.25) is 10.0 Å². The van der Waals surface area contributed by atoms with Crippen LogP contribution < -0.4 is 5.32 Å². The Morgan fingerprint density at radius 2 is 1.72 bits per heavy atom. The molecule has 1 fully saturated rings. The molecule has 11 heteroatoms. The summed E-state index contributed by atoms with van der Waals surface area (Å²) in [5.74, 6) is -5.01. The number of thiazole rings is 1. The predicted octanol–water partition coefficient (Wildman–Crippen LogP) is 3.75. The van der Waals surface area contributed by atoms with Crippen molar-refractivity contribution in [2.45, 2.75) is 17.7 Å². The van der Waals surface area contributed by atoms with Gasteiger partial charge in [0, 0.05) is 18.7 Å². The molecular weight excluding hydrogens is 427 g/mol. The zero-order chi connectivity index (χ0) is 20.8.